The second-order valence-corrected chi connectivity index (χ2v) is 7.58. The molecule has 3 nitrogen and oxygen atoms in total. The van der Waals surface area contributed by atoms with Crippen LogP contribution in [0.4, 0.5) is 0 Å². The van der Waals surface area contributed by atoms with Crippen LogP contribution in [0.5, 0.6) is 0 Å². The number of thiazole rings is 1. The first-order valence-electron chi connectivity index (χ1n) is 5.66. The van der Waals surface area contributed by atoms with Crippen molar-refractivity contribution < 1.29 is 0 Å². The van der Waals surface area contributed by atoms with Crippen molar-refractivity contribution >= 4 is 38.6 Å². The van der Waals surface area contributed by atoms with Crippen molar-refractivity contribution in [1.82, 2.24) is 9.88 Å². The molecule has 2 rings (SSSR count). The topological polar surface area (TPSA) is 42.1 Å². The van der Waals surface area contributed by atoms with Crippen molar-refractivity contribution in [3.63, 3.8) is 0 Å². The maximum absolute atomic E-state index is 5.81. The van der Waals surface area contributed by atoms with E-state index in [1.54, 1.807) is 22.7 Å². The number of rotatable bonds is 5. The fraction of sp³-hybridized carbons (Fsp3) is 0.417. The van der Waals surface area contributed by atoms with E-state index in [4.69, 9.17) is 5.73 Å². The molecule has 0 saturated heterocycles. The lowest BCUT2D eigenvalue weighted by Gasteiger charge is -2.14. The molecule has 98 valence electrons. The van der Waals surface area contributed by atoms with E-state index in [1.807, 2.05) is 6.92 Å². The predicted octanol–water partition coefficient (Wildman–Crippen LogP) is 3.62. The molecule has 0 aliphatic carbocycles. The van der Waals surface area contributed by atoms with Crippen LogP contribution < -0.4 is 5.73 Å². The standard InChI is InChI=1S/C12H16BrN3S2/c1-8(14)12-15-10(7-18-12)5-16(2)4-9-3-11(13)17-6-9/h3,6-8H,4-5,14H2,1-2H3. The number of hydrogen-bond donors (Lipinski definition) is 1. The van der Waals surface area contributed by atoms with Crippen LogP contribution in [0.1, 0.15) is 29.2 Å². The first-order chi connectivity index (χ1) is 8.54. The van der Waals surface area contributed by atoms with E-state index in [0.29, 0.717) is 0 Å². The maximum atomic E-state index is 5.81. The maximum Gasteiger partial charge on any atom is 0.109 e. The third-order valence-corrected chi connectivity index (χ3v) is 5.11. The molecule has 0 spiro atoms. The molecular weight excluding hydrogens is 330 g/mol. The van der Waals surface area contributed by atoms with E-state index in [0.717, 1.165) is 23.8 Å². The van der Waals surface area contributed by atoms with Gasteiger partial charge in [0.05, 0.1) is 15.5 Å². The monoisotopic (exact) mass is 345 g/mol. The smallest absolute Gasteiger partial charge is 0.109 e. The van der Waals surface area contributed by atoms with Crippen molar-refractivity contribution in [2.24, 2.45) is 5.73 Å². The van der Waals surface area contributed by atoms with Gasteiger partial charge in [0.15, 0.2) is 0 Å². The first kappa shape index (κ1) is 14.1. The van der Waals surface area contributed by atoms with E-state index < -0.39 is 0 Å². The van der Waals surface area contributed by atoms with E-state index in [1.165, 1.54) is 9.35 Å². The molecule has 2 aromatic rings. The highest BCUT2D eigenvalue weighted by Crippen LogP contribution is 2.22. The van der Waals surface area contributed by atoms with Gasteiger partial charge in [-0.25, -0.2) is 4.98 Å². The predicted molar refractivity (Wildman–Crippen MR) is 81.9 cm³/mol. The van der Waals surface area contributed by atoms with Gasteiger partial charge in [0, 0.05) is 18.5 Å². The molecule has 1 atom stereocenters. The third-order valence-electron chi connectivity index (χ3n) is 2.47. The molecule has 0 aliphatic rings. The van der Waals surface area contributed by atoms with Crippen LogP contribution in [0.15, 0.2) is 20.6 Å². The zero-order valence-electron chi connectivity index (χ0n) is 10.4. The molecule has 0 radical (unpaired) electrons. The summed E-state index contributed by atoms with van der Waals surface area (Å²) in [6.45, 7) is 3.76. The minimum Gasteiger partial charge on any atom is -0.322 e. The van der Waals surface area contributed by atoms with Crippen molar-refractivity contribution in [3.05, 3.63) is 36.9 Å². The summed E-state index contributed by atoms with van der Waals surface area (Å²) < 4.78 is 1.18. The first-order valence-corrected chi connectivity index (χ1v) is 8.21. The summed E-state index contributed by atoms with van der Waals surface area (Å²) in [6.07, 6.45) is 0. The molecule has 1 unspecified atom stereocenters. The third kappa shape index (κ3) is 3.86. The van der Waals surface area contributed by atoms with Crippen LogP contribution in [0.2, 0.25) is 0 Å². The van der Waals surface area contributed by atoms with Gasteiger partial charge in [0.1, 0.15) is 5.01 Å². The summed E-state index contributed by atoms with van der Waals surface area (Å²) in [5.41, 5.74) is 8.25. The molecule has 18 heavy (non-hydrogen) atoms. The highest BCUT2D eigenvalue weighted by atomic mass is 79.9. The average Bonchev–Trinajstić information content (AvgIpc) is 2.88. The number of thiophene rings is 1. The number of nitrogens with two attached hydrogens (primary N) is 1. The Balaban J connectivity index is 1.92. The Morgan fingerprint density at radius 1 is 1.39 bits per heavy atom. The molecule has 2 heterocycles. The molecule has 2 N–H and O–H groups in total. The molecular formula is C12H16BrN3S2. The highest BCUT2D eigenvalue weighted by molar-refractivity contribution is 9.11. The number of nitrogens with zero attached hydrogens (tertiary/aromatic N) is 2. The molecule has 0 amide bonds. The quantitative estimate of drug-likeness (QED) is 0.899. The van der Waals surface area contributed by atoms with Crippen LogP contribution >= 0.6 is 38.6 Å². The van der Waals surface area contributed by atoms with Crippen LogP contribution in [0.3, 0.4) is 0 Å². The minimum atomic E-state index is 0.0295. The summed E-state index contributed by atoms with van der Waals surface area (Å²) in [5, 5.41) is 5.28. The van der Waals surface area contributed by atoms with Gasteiger partial charge in [-0.3, -0.25) is 4.90 Å². The second-order valence-electron chi connectivity index (χ2n) is 4.40. The normalized spacial score (nSPS) is 13.2. The zero-order valence-corrected chi connectivity index (χ0v) is 13.6. The molecule has 0 aliphatic heterocycles. The van der Waals surface area contributed by atoms with E-state index in [2.05, 4.69) is 49.7 Å². The number of halogens is 1. The van der Waals surface area contributed by atoms with Crippen LogP contribution in [-0.4, -0.2) is 16.9 Å². The largest absolute Gasteiger partial charge is 0.322 e. The molecule has 0 aromatic carbocycles. The summed E-state index contributed by atoms with van der Waals surface area (Å²) in [6, 6.07) is 2.19. The van der Waals surface area contributed by atoms with Crippen molar-refractivity contribution in [3.8, 4) is 0 Å². The fourth-order valence-corrected chi connectivity index (χ4v) is 3.65. The lowest BCUT2D eigenvalue weighted by Crippen LogP contribution is -2.17. The molecule has 0 fully saturated rings. The summed E-state index contributed by atoms with van der Waals surface area (Å²) in [4.78, 5) is 6.80. The Morgan fingerprint density at radius 2 is 2.17 bits per heavy atom. The van der Waals surface area contributed by atoms with Crippen molar-refractivity contribution in [1.29, 1.82) is 0 Å². The van der Waals surface area contributed by atoms with E-state index in [9.17, 15) is 0 Å². The highest BCUT2D eigenvalue weighted by Gasteiger charge is 2.09. The second kappa shape index (κ2) is 6.25. The van der Waals surface area contributed by atoms with Crippen molar-refractivity contribution in [2.75, 3.05) is 7.05 Å². The van der Waals surface area contributed by atoms with Crippen LogP contribution in [-0.2, 0) is 13.1 Å². The van der Waals surface area contributed by atoms with Gasteiger partial charge < -0.3 is 5.73 Å². The fourth-order valence-electron chi connectivity index (χ4n) is 1.68. The van der Waals surface area contributed by atoms with E-state index in [-0.39, 0.29) is 6.04 Å². The van der Waals surface area contributed by atoms with Crippen molar-refractivity contribution in [2.45, 2.75) is 26.1 Å². The van der Waals surface area contributed by atoms with Gasteiger partial charge in [-0.15, -0.1) is 22.7 Å². The van der Waals surface area contributed by atoms with Gasteiger partial charge in [-0.1, -0.05) is 0 Å². The van der Waals surface area contributed by atoms with Gasteiger partial charge in [-0.2, -0.15) is 0 Å². The zero-order chi connectivity index (χ0) is 13.1. The molecule has 2 aromatic heterocycles. The Hall–Kier alpha value is -0.270. The Bertz CT molecular complexity index is 507. The summed E-state index contributed by atoms with van der Waals surface area (Å²) in [7, 11) is 2.11. The van der Waals surface area contributed by atoms with Gasteiger partial charge in [-0.05, 0) is 46.9 Å². The van der Waals surface area contributed by atoms with E-state index >= 15 is 0 Å². The van der Waals surface area contributed by atoms with Gasteiger partial charge in [0.25, 0.3) is 0 Å². The van der Waals surface area contributed by atoms with Crippen LogP contribution in [0.25, 0.3) is 0 Å². The Morgan fingerprint density at radius 3 is 2.72 bits per heavy atom. The Labute approximate surface area is 124 Å². The number of aromatic nitrogens is 1. The number of hydrogen-bond acceptors (Lipinski definition) is 5. The molecule has 0 bridgehead atoms. The van der Waals surface area contributed by atoms with Gasteiger partial charge >= 0.3 is 0 Å². The van der Waals surface area contributed by atoms with Gasteiger partial charge in [0.2, 0.25) is 0 Å². The molecule has 6 heteroatoms. The summed E-state index contributed by atoms with van der Waals surface area (Å²) in [5.74, 6) is 0. The average molecular weight is 346 g/mol. The Kier molecular flexibility index (Phi) is 4.91. The summed E-state index contributed by atoms with van der Waals surface area (Å²) >= 11 is 6.85. The lowest BCUT2D eigenvalue weighted by atomic mass is 10.3. The lowest BCUT2D eigenvalue weighted by molar-refractivity contribution is 0.316. The SMILES string of the molecule is CC(N)c1nc(CN(C)Cc2csc(Br)c2)cs1. The van der Waals surface area contributed by atoms with Crippen LogP contribution in [0, 0.1) is 0 Å². The molecule has 0 saturated carbocycles. The minimum absolute atomic E-state index is 0.0295.